The molecule has 1 fully saturated rings. The Bertz CT molecular complexity index is 1090. The van der Waals surface area contributed by atoms with Crippen LogP contribution >= 0.6 is 0 Å². The van der Waals surface area contributed by atoms with Crippen LogP contribution in [0.15, 0.2) is 54.9 Å². The second-order valence-corrected chi connectivity index (χ2v) is 9.68. The average Bonchev–Trinajstić information content (AvgIpc) is 3.41. The van der Waals surface area contributed by atoms with Crippen molar-refractivity contribution in [3.05, 3.63) is 71.5 Å². The monoisotopic (exact) mass is 493 g/mol. The van der Waals surface area contributed by atoms with Crippen molar-refractivity contribution in [2.75, 3.05) is 40.5 Å². The lowest BCUT2D eigenvalue weighted by Crippen LogP contribution is -2.48. The van der Waals surface area contributed by atoms with E-state index in [4.69, 9.17) is 18.9 Å². The minimum Gasteiger partial charge on any atom is -0.493 e. The van der Waals surface area contributed by atoms with Crippen molar-refractivity contribution in [2.24, 2.45) is 0 Å². The molecule has 3 aromatic rings. The van der Waals surface area contributed by atoms with Crippen molar-refractivity contribution in [3.8, 4) is 17.2 Å². The molecule has 1 aliphatic rings. The Morgan fingerprint density at radius 3 is 2.44 bits per heavy atom. The number of likely N-dealkylation sites (tertiary alicyclic amines) is 1. The predicted octanol–water partition coefficient (Wildman–Crippen LogP) is 5.04. The lowest BCUT2D eigenvalue weighted by Gasteiger charge is -2.40. The van der Waals surface area contributed by atoms with E-state index < -0.39 is 0 Å². The van der Waals surface area contributed by atoms with Crippen LogP contribution in [0.2, 0.25) is 0 Å². The van der Waals surface area contributed by atoms with Gasteiger partial charge in [-0.15, -0.1) is 0 Å². The van der Waals surface area contributed by atoms with Crippen LogP contribution in [0.5, 0.6) is 17.2 Å². The van der Waals surface area contributed by atoms with Gasteiger partial charge in [0.25, 0.3) is 0 Å². The zero-order valence-electron chi connectivity index (χ0n) is 22.0. The van der Waals surface area contributed by atoms with Gasteiger partial charge in [-0.25, -0.2) is 0 Å². The number of nitrogens with zero attached hydrogens (tertiary/aromatic N) is 3. The summed E-state index contributed by atoms with van der Waals surface area (Å²) in [5.41, 5.74) is 3.37. The first kappa shape index (κ1) is 26.0. The van der Waals surface area contributed by atoms with Gasteiger partial charge in [0.05, 0.1) is 13.7 Å². The van der Waals surface area contributed by atoms with Gasteiger partial charge < -0.3 is 18.9 Å². The zero-order chi connectivity index (χ0) is 25.4. The highest BCUT2D eigenvalue weighted by molar-refractivity contribution is 5.43. The Morgan fingerprint density at radius 1 is 0.944 bits per heavy atom. The Morgan fingerprint density at radius 2 is 1.75 bits per heavy atom. The lowest BCUT2D eigenvalue weighted by molar-refractivity contribution is -0.0840. The van der Waals surface area contributed by atoms with Crippen LogP contribution in [0.25, 0.3) is 0 Å². The van der Waals surface area contributed by atoms with Gasteiger partial charge in [0.1, 0.15) is 18.0 Å². The van der Waals surface area contributed by atoms with Gasteiger partial charge in [-0.2, -0.15) is 5.10 Å². The van der Waals surface area contributed by atoms with Crippen LogP contribution in [-0.2, 0) is 17.8 Å². The largest absolute Gasteiger partial charge is 0.493 e. The van der Waals surface area contributed by atoms with E-state index in [9.17, 15) is 0 Å². The lowest BCUT2D eigenvalue weighted by atomic mass is 9.91. The summed E-state index contributed by atoms with van der Waals surface area (Å²) in [5, 5.41) is 4.24. The molecule has 0 unspecified atom stereocenters. The average molecular weight is 494 g/mol. The molecule has 0 atom stereocenters. The third kappa shape index (κ3) is 6.80. The summed E-state index contributed by atoms with van der Waals surface area (Å²) in [5.74, 6) is 2.49. The molecule has 0 bridgehead atoms. The van der Waals surface area contributed by atoms with Gasteiger partial charge in [-0.3, -0.25) is 9.58 Å². The number of benzene rings is 2. The fraction of sp³-hybridized carbons (Fsp3) is 0.483. The molecule has 194 valence electrons. The Hall–Kier alpha value is -3.03. The Balaban J connectivity index is 1.29. The quantitative estimate of drug-likeness (QED) is 0.330. The number of hydrogen-bond donors (Lipinski definition) is 0. The van der Waals surface area contributed by atoms with Crippen molar-refractivity contribution in [3.63, 3.8) is 0 Å². The molecule has 0 spiro atoms. The van der Waals surface area contributed by atoms with E-state index in [2.05, 4.69) is 54.2 Å². The maximum atomic E-state index is 6.21. The van der Waals surface area contributed by atoms with E-state index in [1.165, 1.54) is 11.1 Å². The number of methoxy groups -OCH3 is 2. The van der Waals surface area contributed by atoms with Crippen molar-refractivity contribution in [1.29, 1.82) is 0 Å². The van der Waals surface area contributed by atoms with E-state index >= 15 is 0 Å². The molecular formula is C29H39N3O4. The number of aromatic nitrogens is 2. The fourth-order valence-electron chi connectivity index (χ4n) is 4.73. The summed E-state index contributed by atoms with van der Waals surface area (Å²) in [6.07, 6.45) is 6.50. The summed E-state index contributed by atoms with van der Waals surface area (Å²) in [7, 11) is 3.49. The summed E-state index contributed by atoms with van der Waals surface area (Å²) in [6, 6.07) is 14.5. The van der Waals surface area contributed by atoms with Crippen LogP contribution < -0.4 is 14.2 Å². The van der Waals surface area contributed by atoms with Crippen molar-refractivity contribution < 1.29 is 18.9 Å². The van der Waals surface area contributed by atoms with Crippen LogP contribution in [0.1, 0.15) is 36.0 Å². The molecule has 7 nitrogen and oxygen atoms in total. The number of aryl methyl sites for hydroxylation is 3. The third-order valence-corrected chi connectivity index (χ3v) is 7.00. The molecule has 0 N–H and O–H groups in total. The number of ether oxygens (including phenoxy) is 4. The minimum atomic E-state index is -0.253. The van der Waals surface area contributed by atoms with E-state index in [1.54, 1.807) is 20.4 Å². The number of rotatable bonds is 12. The topological polar surface area (TPSA) is 58.0 Å². The first-order valence-corrected chi connectivity index (χ1v) is 12.7. The Labute approximate surface area is 214 Å². The molecule has 2 aromatic carbocycles. The van der Waals surface area contributed by atoms with Gasteiger partial charge >= 0.3 is 0 Å². The molecule has 4 rings (SSSR count). The molecule has 1 saturated heterocycles. The SMILES string of the molecule is COc1ccc(CN2CCC(COc3ccc(C)cc3C)(OC)CC2)cc1OCCCn1cccn1. The van der Waals surface area contributed by atoms with Crippen molar-refractivity contribution >= 4 is 0 Å². The van der Waals surface area contributed by atoms with E-state index in [0.717, 1.165) is 68.3 Å². The number of hydrogen-bond acceptors (Lipinski definition) is 6. The second kappa shape index (κ2) is 12.3. The molecular weight excluding hydrogens is 454 g/mol. The molecule has 0 radical (unpaired) electrons. The van der Waals surface area contributed by atoms with Gasteiger partial charge in [0, 0.05) is 52.1 Å². The maximum absolute atomic E-state index is 6.21. The first-order valence-electron chi connectivity index (χ1n) is 12.7. The molecule has 1 aliphatic heterocycles. The fourth-order valence-corrected chi connectivity index (χ4v) is 4.73. The van der Waals surface area contributed by atoms with E-state index in [0.29, 0.717) is 13.2 Å². The van der Waals surface area contributed by atoms with Gasteiger partial charge in [-0.1, -0.05) is 23.8 Å². The highest BCUT2D eigenvalue weighted by atomic mass is 16.5. The second-order valence-electron chi connectivity index (χ2n) is 9.68. The number of piperidine rings is 1. The third-order valence-electron chi connectivity index (χ3n) is 7.00. The predicted molar refractivity (Wildman–Crippen MR) is 141 cm³/mol. The Kier molecular flexibility index (Phi) is 8.88. The summed E-state index contributed by atoms with van der Waals surface area (Å²) in [4.78, 5) is 2.47. The first-order chi connectivity index (χ1) is 17.5. The molecule has 2 heterocycles. The van der Waals surface area contributed by atoms with Crippen molar-refractivity contribution in [1.82, 2.24) is 14.7 Å². The van der Waals surface area contributed by atoms with Crippen molar-refractivity contribution in [2.45, 2.75) is 51.8 Å². The highest BCUT2D eigenvalue weighted by Gasteiger charge is 2.35. The van der Waals surface area contributed by atoms with Gasteiger partial charge in [0.15, 0.2) is 11.5 Å². The molecule has 36 heavy (non-hydrogen) atoms. The molecule has 0 amide bonds. The van der Waals surface area contributed by atoms with Crippen LogP contribution in [0.4, 0.5) is 0 Å². The molecule has 0 aliphatic carbocycles. The standard InChI is InChI=1S/C29H39N3O4/c1-23-7-9-26(24(2)19-23)36-22-29(34-4)11-16-31(17-12-29)21-25-8-10-27(33-3)28(20-25)35-18-6-15-32-14-5-13-30-32/h5,7-10,13-14,19-20H,6,11-12,15-18,21-22H2,1-4H3. The molecule has 0 saturated carbocycles. The molecule has 1 aromatic heterocycles. The van der Waals surface area contributed by atoms with Crippen LogP contribution in [0, 0.1) is 13.8 Å². The van der Waals surface area contributed by atoms with E-state index in [1.807, 2.05) is 23.0 Å². The summed E-state index contributed by atoms with van der Waals surface area (Å²) in [6.45, 7) is 8.98. The maximum Gasteiger partial charge on any atom is 0.161 e. The molecule has 7 heteroatoms. The zero-order valence-corrected chi connectivity index (χ0v) is 22.0. The summed E-state index contributed by atoms with van der Waals surface area (Å²) < 4.78 is 25.7. The van der Waals surface area contributed by atoms with Crippen LogP contribution in [-0.4, -0.2) is 60.8 Å². The van der Waals surface area contributed by atoms with E-state index in [-0.39, 0.29) is 5.60 Å². The highest BCUT2D eigenvalue weighted by Crippen LogP contribution is 2.31. The van der Waals surface area contributed by atoms with Gasteiger partial charge in [0.2, 0.25) is 0 Å². The van der Waals surface area contributed by atoms with Crippen LogP contribution in [0.3, 0.4) is 0 Å². The minimum absolute atomic E-state index is 0.253. The smallest absolute Gasteiger partial charge is 0.161 e. The normalized spacial score (nSPS) is 15.6. The van der Waals surface area contributed by atoms with Gasteiger partial charge in [-0.05, 0) is 62.1 Å². The summed E-state index contributed by atoms with van der Waals surface area (Å²) >= 11 is 0.